The lowest BCUT2D eigenvalue weighted by molar-refractivity contribution is -0.386. The van der Waals surface area contributed by atoms with E-state index in [9.17, 15) is 19.6 Å². The highest BCUT2D eigenvalue weighted by molar-refractivity contribution is 5.67. The molecule has 7 nitrogen and oxygen atoms in total. The van der Waals surface area contributed by atoms with Crippen LogP contribution in [-0.2, 0) is 0 Å². The first-order valence-corrected chi connectivity index (χ1v) is 7.80. The van der Waals surface area contributed by atoms with Crippen LogP contribution >= 0.6 is 0 Å². The van der Waals surface area contributed by atoms with Crippen molar-refractivity contribution in [1.82, 2.24) is 0 Å². The van der Waals surface area contributed by atoms with Crippen molar-refractivity contribution in [2.45, 2.75) is 0 Å². The van der Waals surface area contributed by atoms with Crippen LogP contribution in [-0.4, -0.2) is 43.3 Å². The molecule has 0 amide bonds. The van der Waals surface area contributed by atoms with Gasteiger partial charge in [-0.25, -0.2) is 0 Å². The Labute approximate surface area is 144 Å². The summed E-state index contributed by atoms with van der Waals surface area (Å²) in [4.78, 5) is 14.4. The molecular weight excluding hydrogens is 329 g/mol. The van der Waals surface area contributed by atoms with Gasteiger partial charge >= 0.3 is 5.69 Å². The summed E-state index contributed by atoms with van der Waals surface area (Å²) in [6, 6.07) is 9.43. The zero-order valence-electron chi connectivity index (χ0n) is 13.7. The Balaban J connectivity index is 1.83. The zero-order chi connectivity index (χ0) is 18.0. The van der Waals surface area contributed by atoms with Gasteiger partial charge in [0.25, 0.3) is 0 Å². The van der Waals surface area contributed by atoms with Crippen LogP contribution in [0.4, 0.5) is 21.5 Å². The van der Waals surface area contributed by atoms with Gasteiger partial charge < -0.3 is 19.6 Å². The van der Waals surface area contributed by atoms with E-state index >= 15 is 0 Å². The lowest BCUT2D eigenvalue weighted by Crippen LogP contribution is -2.46. The number of nitro groups is 1. The van der Waals surface area contributed by atoms with E-state index in [1.54, 1.807) is 23.1 Å². The van der Waals surface area contributed by atoms with E-state index in [1.807, 2.05) is 6.07 Å². The second kappa shape index (κ2) is 6.84. The second-order valence-corrected chi connectivity index (χ2v) is 5.73. The highest BCUT2D eigenvalue weighted by Crippen LogP contribution is 2.36. The Morgan fingerprint density at radius 3 is 2.44 bits per heavy atom. The number of ether oxygens (including phenoxy) is 1. The molecule has 0 spiro atoms. The maximum atomic E-state index is 14.1. The number of phenols is 1. The van der Waals surface area contributed by atoms with Crippen molar-refractivity contribution in [3.8, 4) is 11.5 Å². The molecule has 25 heavy (non-hydrogen) atoms. The van der Waals surface area contributed by atoms with Crippen molar-refractivity contribution in [2.75, 3.05) is 43.1 Å². The summed E-state index contributed by atoms with van der Waals surface area (Å²) in [5.74, 6) is -0.478. The van der Waals surface area contributed by atoms with Crippen LogP contribution in [0.1, 0.15) is 0 Å². The molecule has 3 rings (SSSR count). The first kappa shape index (κ1) is 16.8. The highest BCUT2D eigenvalue weighted by atomic mass is 19.1. The Hall–Kier alpha value is -3.03. The molecule has 0 radical (unpaired) electrons. The van der Waals surface area contributed by atoms with Crippen molar-refractivity contribution < 1.29 is 19.2 Å². The summed E-state index contributed by atoms with van der Waals surface area (Å²) >= 11 is 0. The van der Waals surface area contributed by atoms with E-state index in [0.29, 0.717) is 26.2 Å². The number of anilines is 2. The number of piperazine rings is 1. The van der Waals surface area contributed by atoms with E-state index in [2.05, 4.69) is 4.90 Å². The van der Waals surface area contributed by atoms with Crippen LogP contribution in [0, 0.1) is 15.9 Å². The lowest BCUT2D eigenvalue weighted by atomic mass is 10.2. The summed E-state index contributed by atoms with van der Waals surface area (Å²) < 4.78 is 19.1. The predicted molar refractivity (Wildman–Crippen MR) is 92.1 cm³/mol. The fourth-order valence-electron chi connectivity index (χ4n) is 3.00. The SMILES string of the molecule is COc1cc(F)c([N+](=O)[O-])c(N2CCN(c3cccc(O)c3)CC2)c1. The molecule has 1 saturated heterocycles. The van der Waals surface area contributed by atoms with Crippen LogP contribution in [0.3, 0.4) is 0 Å². The van der Waals surface area contributed by atoms with Crippen molar-refractivity contribution in [3.05, 3.63) is 52.3 Å². The third-order valence-corrected chi connectivity index (χ3v) is 4.25. The molecule has 2 aromatic rings. The summed E-state index contributed by atoms with van der Waals surface area (Å²) in [6.45, 7) is 2.17. The number of nitro benzene ring substituents is 1. The van der Waals surface area contributed by atoms with Crippen molar-refractivity contribution in [3.63, 3.8) is 0 Å². The molecule has 0 saturated carbocycles. The fourth-order valence-corrected chi connectivity index (χ4v) is 3.00. The van der Waals surface area contributed by atoms with Crippen molar-refractivity contribution in [1.29, 1.82) is 0 Å². The van der Waals surface area contributed by atoms with Gasteiger partial charge in [-0.15, -0.1) is 0 Å². The topological polar surface area (TPSA) is 79.1 Å². The number of rotatable bonds is 4. The van der Waals surface area contributed by atoms with Gasteiger partial charge in [0.1, 0.15) is 17.2 Å². The molecule has 1 heterocycles. The number of phenolic OH excluding ortho intramolecular Hbond substituents is 1. The average molecular weight is 347 g/mol. The lowest BCUT2D eigenvalue weighted by Gasteiger charge is -2.37. The third-order valence-electron chi connectivity index (χ3n) is 4.25. The smallest absolute Gasteiger partial charge is 0.328 e. The van der Waals surface area contributed by atoms with E-state index < -0.39 is 16.4 Å². The first-order valence-electron chi connectivity index (χ1n) is 7.80. The summed E-state index contributed by atoms with van der Waals surface area (Å²) in [7, 11) is 1.39. The highest BCUT2D eigenvalue weighted by Gasteiger charge is 2.28. The van der Waals surface area contributed by atoms with Gasteiger partial charge in [-0.1, -0.05) is 6.07 Å². The summed E-state index contributed by atoms with van der Waals surface area (Å²) in [6.07, 6.45) is 0. The number of hydrogen-bond donors (Lipinski definition) is 1. The van der Waals surface area contributed by atoms with Crippen LogP contribution in [0.25, 0.3) is 0 Å². The minimum atomic E-state index is -0.908. The number of hydrogen-bond acceptors (Lipinski definition) is 6. The number of halogens is 1. The minimum Gasteiger partial charge on any atom is -0.508 e. The molecular formula is C17H18FN3O4. The quantitative estimate of drug-likeness (QED) is 0.677. The maximum absolute atomic E-state index is 14.1. The largest absolute Gasteiger partial charge is 0.508 e. The van der Waals surface area contributed by atoms with Gasteiger partial charge in [0.05, 0.1) is 12.0 Å². The maximum Gasteiger partial charge on any atom is 0.328 e. The summed E-state index contributed by atoms with van der Waals surface area (Å²) in [5, 5.41) is 20.9. The molecule has 132 valence electrons. The van der Waals surface area contributed by atoms with E-state index in [1.165, 1.54) is 13.2 Å². The van der Waals surface area contributed by atoms with E-state index in [4.69, 9.17) is 4.74 Å². The van der Waals surface area contributed by atoms with Gasteiger partial charge in [0, 0.05) is 50.1 Å². The number of benzene rings is 2. The van der Waals surface area contributed by atoms with Crippen molar-refractivity contribution in [2.24, 2.45) is 0 Å². The Bertz CT molecular complexity index is 791. The Kier molecular flexibility index (Phi) is 4.60. The first-order chi connectivity index (χ1) is 12.0. The van der Waals surface area contributed by atoms with Gasteiger partial charge in [-0.05, 0) is 12.1 Å². The van der Waals surface area contributed by atoms with Gasteiger partial charge in [0.2, 0.25) is 5.82 Å². The van der Waals surface area contributed by atoms with Crippen LogP contribution in [0.5, 0.6) is 11.5 Å². The zero-order valence-corrected chi connectivity index (χ0v) is 13.7. The van der Waals surface area contributed by atoms with E-state index in [0.717, 1.165) is 11.8 Å². The van der Waals surface area contributed by atoms with Gasteiger partial charge in [-0.2, -0.15) is 4.39 Å². The molecule has 8 heteroatoms. The fraction of sp³-hybridized carbons (Fsp3) is 0.294. The average Bonchev–Trinajstić information content (AvgIpc) is 2.60. The molecule has 1 N–H and O–H groups in total. The molecule has 0 aliphatic carbocycles. The standard InChI is InChI=1S/C17H18FN3O4/c1-25-14-10-15(18)17(21(23)24)16(11-14)20-7-5-19(6-8-20)12-3-2-4-13(22)9-12/h2-4,9-11,22H,5-8H2,1H3. The number of nitrogens with zero attached hydrogens (tertiary/aromatic N) is 3. The Morgan fingerprint density at radius 1 is 1.16 bits per heavy atom. The van der Waals surface area contributed by atoms with Crippen LogP contribution < -0.4 is 14.5 Å². The summed E-state index contributed by atoms with van der Waals surface area (Å²) in [5.41, 5.74) is 0.565. The molecule has 0 atom stereocenters. The number of methoxy groups -OCH3 is 1. The normalized spacial score (nSPS) is 14.5. The molecule has 1 aliphatic rings. The van der Waals surface area contributed by atoms with Crippen LogP contribution in [0.15, 0.2) is 36.4 Å². The van der Waals surface area contributed by atoms with Gasteiger partial charge in [-0.3, -0.25) is 10.1 Å². The molecule has 1 aliphatic heterocycles. The molecule has 1 fully saturated rings. The molecule has 0 bridgehead atoms. The minimum absolute atomic E-state index is 0.186. The monoisotopic (exact) mass is 347 g/mol. The predicted octanol–water partition coefficient (Wildman–Crippen LogP) is 2.77. The second-order valence-electron chi connectivity index (χ2n) is 5.73. The van der Waals surface area contributed by atoms with Gasteiger partial charge in [0.15, 0.2) is 0 Å². The molecule has 0 aromatic heterocycles. The van der Waals surface area contributed by atoms with Crippen LogP contribution in [0.2, 0.25) is 0 Å². The third kappa shape index (κ3) is 3.42. The van der Waals surface area contributed by atoms with E-state index in [-0.39, 0.29) is 17.2 Å². The molecule has 2 aromatic carbocycles. The molecule has 0 unspecified atom stereocenters. The Morgan fingerprint density at radius 2 is 1.84 bits per heavy atom. The van der Waals surface area contributed by atoms with Crippen molar-refractivity contribution >= 4 is 17.1 Å². The number of aromatic hydroxyl groups is 1.